The maximum absolute atomic E-state index is 14.1. The minimum atomic E-state index is -0.548. The van der Waals surface area contributed by atoms with E-state index in [0.29, 0.717) is 18.5 Å². The first-order valence-corrected chi connectivity index (χ1v) is 10.5. The lowest BCUT2D eigenvalue weighted by Gasteiger charge is -2.42. The van der Waals surface area contributed by atoms with Crippen LogP contribution in [0.15, 0.2) is 109 Å². The molecule has 1 atom stereocenters. The Kier molecular flexibility index (Phi) is 6.65. The number of hydrogen-bond acceptors (Lipinski definition) is 2. The quantitative estimate of drug-likeness (QED) is 0.490. The molecule has 1 aliphatic heterocycles. The first-order valence-electron chi connectivity index (χ1n) is 10.5. The van der Waals surface area contributed by atoms with E-state index in [0.717, 1.165) is 33.7 Å². The van der Waals surface area contributed by atoms with Crippen LogP contribution in [-0.2, 0) is 12.0 Å². The number of allylic oxidation sites excluding steroid dienone is 4. The first kappa shape index (κ1) is 22.4. The highest BCUT2D eigenvalue weighted by Gasteiger charge is 2.35. The number of rotatable bonds is 8. The standard InChI is InChI=1S/C28H31FN2/c1-20(2)28(30-21(3)4,19-31-17-9-10-22(5)23(31)6)26-15-13-24(14-16-26)18-25-11-7-8-12-27(25)29/h7-17,30H,1,3,6,18-19H2,2,4-5H3. The van der Waals surface area contributed by atoms with Crippen molar-refractivity contribution in [3.63, 3.8) is 0 Å². The van der Waals surface area contributed by atoms with Crippen molar-refractivity contribution in [3.8, 4) is 0 Å². The van der Waals surface area contributed by atoms with Crippen LogP contribution in [0.1, 0.15) is 37.5 Å². The molecule has 0 spiro atoms. The van der Waals surface area contributed by atoms with Gasteiger partial charge in [0.15, 0.2) is 0 Å². The van der Waals surface area contributed by atoms with Gasteiger partial charge in [0.1, 0.15) is 11.4 Å². The molecule has 0 aromatic heterocycles. The van der Waals surface area contributed by atoms with Gasteiger partial charge in [-0.25, -0.2) is 4.39 Å². The van der Waals surface area contributed by atoms with E-state index in [1.54, 1.807) is 6.07 Å². The van der Waals surface area contributed by atoms with Crippen molar-refractivity contribution in [1.29, 1.82) is 0 Å². The third kappa shape index (κ3) is 4.88. The number of halogens is 1. The number of hydrogen-bond donors (Lipinski definition) is 1. The van der Waals surface area contributed by atoms with Crippen LogP contribution in [0, 0.1) is 5.82 Å². The maximum Gasteiger partial charge on any atom is 0.126 e. The van der Waals surface area contributed by atoms with Crippen LogP contribution in [0.2, 0.25) is 0 Å². The molecule has 2 nitrogen and oxygen atoms in total. The van der Waals surface area contributed by atoms with Gasteiger partial charge in [-0.3, -0.25) is 0 Å². The molecule has 0 aliphatic carbocycles. The van der Waals surface area contributed by atoms with Crippen LogP contribution in [-0.4, -0.2) is 11.4 Å². The van der Waals surface area contributed by atoms with Gasteiger partial charge in [-0.2, -0.15) is 0 Å². The molecule has 3 rings (SSSR count). The van der Waals surface area contributed by atoms with Gasteiger partial charge >= 0.3 is 0 Å². The fraction of sp³-hybridized carbons (Fsp3) is 0.214. The third-order valence-electron chi connectivity index (χ3n) is 5.78. The second-order valence-electron chi connectivity index (χ2n) is 8.32. The van der Waals surface area contributed by atoms with E-state index >= 15 is 0 Å². The van der Waals surface area contributed by atoms with Crippen molar-refractivity contribution in [1.82, 2.24) is 10.2 Å². The van der Waals surface area contributed by atoms with Crippen molar-refractivity contribution < 1.29 is 4.39 Å². The summed E-state index contributed by atoms with van der Waals surface area (Å²) in [6.45, 7) is 19.3. The number of benzene rings is 2. The number of nitrogens with one attached hydrogen (secondary N) is 1. The van der Waals surface area contributed by atoms with Gasteiger partial charge in [-0.15, -0.1) is 0 Å². The van der Waals surface area contributed by atoms with Crippen molar-refractivity contribution in [2.45, 2.75) is 32.7 Å². The zero-order chi connectivity index (χ0) is 22.6. The van der Waals surface area contributed by atoms with E-state index in [4.69, 9.17) is 0 Å². The van der Waals surface area contributed by atoms with Gasteiger partial charge in [0.05, 0.1) is 6.54 Å². The summed E-state index contributed by atoms with van der Waals surface area (Å²) in [5.74, 6) is -0.175. The molecule has 1 unspecified atom stereocenters. The van der Waals surface area contributed by atoms with E-state index in [1.165, 1.54) is 6.07 Å². The Morgan fingerprint density at radius 3 is 2.35 bits per heavy atom. The van der Waals surface area contributed by atoms with Crippen LogP contribution < -0.4 is 5.32 Å². The molecular formula is C28H31FN2. The molecule has 1 aliphatic rings. The Morgan fingerprint density at radius 1 is 1.06 bits per heavy atom. The summed E-state index contributed by atoms with van der Waals surface area (Å²) in [5.41, 5.74) is 6.21. The molecule has 0 fully saturated rings. The van der Waals surface area contributed by atoms with Crippen LogP contribution >= 0.6 is 0 Å². The summed E-state index contributed by atoms with van der Waals surface area (Å²) in [5, 5.41) is 3.58. The summed E-state index contributed by atoms with van der Waals surface area (Å²) in [6.07, 6.45) is 6.69. The van der Waals surface area contributed by atoms with E-state index in [2.05, 4.69) is 67.2 Å². The van der Waals surface area contributed by atoms with Crippen LogP contribution in [0.25, 0.3) is 0 Å². The smallest absolute Gasteiger partial charge is 0.126 e. The topological polar surface area (TPSA) is 15.3 Å². The van der Waals surface area contributed by atoms with E-state index in [9.17, 15) is 4.39 Å². The molecule has 0 saturated heterocycles. The Balaban J connectivity index is 1.95. The molecular weight excluding hydrogens is 383 g/mol. The highest BCUT2D eigenvalue weighted by molar-refractivity contribution is 5.41. The third-order valence-corrected chi connectivity index (χ3v) is 5.78. The normalized spacial score (nSPS) is 15.3. The Bertz CT molecular complexity index is 1060. The summed E-state index contributed by atoms with van der Waals surface area (Å²) in [4.78, 5) is 2.15. The zero-order valence-corrected chi connectivity index (χ0v) is 18.7. The molecule has 3 heteroatoms. The second kappa shape index (κ2) is 9.22. The molecule has 0 saturated carbocycles. The van der Waals surface area contributed by atoms with Gasteiger partial charge in [0.2, 0.25) is 0 Å². The lowest BCUT2D eigenvalue weighted by molar-refractivity contribution is 0.315. The molecule has 2 aromatic carbocycles. The molecule has 1 heterocycles. The molecule has 31 heavy (non-hydrogen) atoms. The fourth-order valence-corrected chi connectivity index (χ4v) is 3.93. The Labute approximate surface area is 185 Å². The zero-order valence-electron chi connectivity index (χ0n) is 18.7. The van der Waals surface area contributed by atoms with Gasteiger partial charge < -0.3 is 10.2 Å². The second-order valence-corrected chi connectivity index (χ2v) is 8.32. The van der Waals surface area contributed by atoms with E-state index in [-0.39, 0.29) is 5.82 Å². The molecule has 1 N–H and O–H groups in total. The SMILES string of the molecule is C=C(C)NC(CN1C=CC=C(C)C1=C)(C(=C)C)c1ccc(Cc2ccccc2F)cc1. The summed E-state index contributed by atoms with van der Waals surface area (Å²) >= 11 is 0. The monoisotopic (exact) mass is 414 g/mol. The van der Waals surface area contributed by atoms with Crippen LogP contribution in [0.3, 0.4) is 0 Å². The highest BCUT2D eigenvalue weighted by Crippen LogP contribution is 2.34. The molecule has 0 amide bonds. The molecule has 2 aromatic rings. The maximum atomic E-state index is 14.1. The van der Waals surface area contributed by atoms with Crippen LogP contribution in [0.4, 0.5) is 4.39 Å². The Morgan fingerprint density at radius 2 is 1.74 bits per heavy atom. The fourth-order valence-electron chi connectivity index (χ4n) is 3.93. The average Bonchev–Trinajstić information content (AvgIpc) is 2.72. The predicted octanol–water partition coefficient (Wildman–Crippen LogP) is 6.60. The van der Waals surface area contributed by atoms with E-state index in [1.807, 2.05) is 38.3 Å². The van der Waals surface area contributed by atoms with Crippen LogP contribution in [0.5, 0.6) is 0 Å². The van der Waals surface area contributed by atoms with Gasteiger partial charge in [0, 0.05) is 24.0 Å². The summed E-state index contributed by atoms with van der Waals surface area (Å²) in [7, 11) is 0. The van der Waals surface area contributed by atoms with Crippen molar-refractivity contribution in [2.24, 2.45) is 0 Å². The minimum Gasteiger partial charge on any atom is -0.374 e. The van der Waals surface area contributed by atoms with Gasteiger partial charge in [0.25, 0.3) is 0 Å². The van der Waals surface area contributed by atoms with Crippen molar-refractivity contribution in [2.75, 3.05) is 6.54 Å². The predicted molar refractivity (Wildman–Crippen MR) is 129 cm³/mol. The molecule has 0 radical (unpaired) electrons. The highest BCUT2D eigenvalue weighted by atomic mass is 19.1. The molecule has 0 bridgehead atoms. The number of nitrogens with zero attached hydrogens (tertiary/aromatic N) is 1. The lowest BCUT2D eigenvalue weighted by atomic mass is 9.82. The van der Waals surface area contributed by atoms with Crippen molar-refractivity contribution in [3.05, 3.63) is 132 Å². The first-order chi connectivity index (χ1) is 14.7. The summed E-state index contributed by atoms with van der Waals surface area (Å²) in [6, 6.07) is 15.2. The average molecular weight is 415 g/mol. The van der Waals surface area contributed by atoms with Gasteiger partial charge in [-0.05, 0) is 60.8 Å². The molecule has 160 valence electrons. The van der Waals surface area contributed by atoms with Crippen molar-refractivity contribution >= 4 is 0 Å². The van der Waals surface area contributed by atoms with Gasteiger partial charge in [-0.1, -0.05) is 68.3 Å². The van der Waals surface area contributed by atoms with E-state index < -0.39 is 5.54 Å². The lowest BCUT2D eigenvalue weighted by Crippen LogP contribution is -2.50. The largest absolute Gasteiger partial charge is 0.374 e. The Hall–Kier alpha value is -3.33. The minimum absolute atomic E-state index is 0.175. The summed E-state index contributed by atoms with van der Waals surface area (Å²) < 4.78 is 14.1.